The third kappa shape index (κ3) is 6.26. The molecule has 0 saturated carbocycles. The first-order chi connectivity index (χ1) is 17.8. The molecule has 10 heteroatoms. The molecule has 1 aliphatic rings. The number of aliphatic hydroxyl groups excluding tert-OH is 1. The second kappa shape index (κ2) is 12.3. The van der Waals surface area contributed by atoms with Crippen LogP contribution >= 0.6 is 11.6 Å². The van der Waals surface area contributed by atoms with E-state index in [1.54, 1.807) is 31.4 Å². The number of rotatable bonds is 10. The number of methoxy groups -OCH3 is 1. The zero-order valence-electron chi connectivity index (χ0n) is 20.9. The van der Waals surface area contributed by atoms with E-state index in [2.05, 4.69) is 4.90 Å². The van der Waals surface area contributed by atoms with Crippen molar-refractivity contribution in [1.29, 1.82) is 0 Å². The lowest BCUT2D eigenvalue weighted by molar-refractivity contribution is -0.163. The number of phenols is 2. The van der Waals surface area contributed by atoms with Crippen molar-refractivity contribution < 1.29 is 33.9 Å². The number of aromatic hydroxyl groups is 2. The summed E-state index contributed by atoms with van der Waals surface area (Å²) in [5, 5.41) is 32.4. The molecule has 2 aromatic carbocycles. The first-order valence-corrected chi connectivity index (χ1v) is 12.5. The maximum absolute atomic E-state index is 13.1. The fraction of sp³-hybridized carbons (Fsp3) is 0.444. The fourth-order valence-electron chi connectivity index (χ4n) is 4.71. The minimum atomic E-state index is -1.10. The lowest BCUT2D eigenvalue weighted by atomic mass is 9.85. The van der Waals surface area contributed by atoms with Crippen LogP contribution in [0.2, 0.25) is 5.02 Å². The standard InChI is InChI=1S/C27H32ClNO8/c1-29-9-7-17(23(15-29)36-24(33)8-10-35-12-11-34-2)25-19(30)13-20(31)26-21(32)14-22(37-27(25)26)16-5-3-4-6-18(16)28/h3-6,13-14,17,23-24,30-31,33H,7-12,15H2,1-2H3/t17-,23+,24?/m0/s1. The van der Waals surface area contributed by atoms with Crippen LogP contribution in [0.25, 0.3) is 22.3 Å². The third-order valence-corrected chi connectivity index (χ3v) is 6.87. The predicted molar refractivity (Wildman–Crippen MR) is 139 cm³/mol. The van der Waals surface area contributed by atoms with Crippen LogP contribution in [-0.4, -0.2) is 79.7 Å². The van der Waals surface area contributed by atoms with Crippen molar-refractivity contribution in [2.75, 3.05) is 47.1 Å². The summed E-state index contributed by atoms with van der Waals surface area (Å²) in [5.74, 6) is -0.805. The molecule has 0 radical (unpaired) electrons. The number of phenolic OH excluding ortho intramolecular Hbond substituents is 2. The SMILES string of the molecule is COCCOCCC(O)O[C@@H]1CN(C)CC[C@@H]1c1c(O)cc(O)c2c(=O)cc(-c3ccccc3Cl)oc12. The van der Waals surface area contributed by atoms with Gasteiger partial charge in [-0.2, -0.15) is 0 Å². The van der Waals surface area contributed by atoms with Crippen molar-refractivity contribution in [3.63, 3.8) is 0 Å². The fourth-order valence-corrected chi connectivity index (χ4v) is 4.94. The molecule has 1 saturated heterocycles. The summed E-state index contributed by atoms with van der Waals surface area (Å²) in [4.78, 5) is 15.2. The van der Waals surface area contributed by atoms with Gasteiger partial charge in [-0.1, -0.05) is 23.7 Å². The third-order valence-electron chi connectivity index (χ3n) is 6.54. The molecule has 2 heterocycles. The molecule has 0 aliphatic carbocycles. The summed E-state index contributed by atoms with van der Waals surface area (Å²) >= 11 is 6.35. The number of benzene rings is 2. The van der Waals surface area contributed by atoms with E-state index in [1.807, 2.05) is 7.05 Å². The molecule has 0 bridgehead atoms. The van der Waals surface area contributed by atoms with Gasteiger partial charge in [-0.15, -0.1) is 0 Å². The quantitative estimate of drug-likeness (QED) is 0.264. The molecule has 3 atom stereocenters. The molecule has 9 nitrogen and oxygen atoms in total. The maximum atomic E-state index is 13.1. The summed E-state index contributed by atoms with van der Waals surface area (Å²) < 4.78 is 22.6. The molecular weight excluding hydrogens is 502 g/mol. The second-order valence-corrected chi connectivity index (χ2v) is 9.58. The summed E-state index contributed by atoms with van der Waals surface area (Å²) in [6.45, 7) is 2.33. The van der Waals surface area contributed by atoms with Gasteiger partial charge in [-0.25, -0.2) is 0 Å². The summed E-state index contributed by atoms with van der Waals surface area (Å²) in [7, 11) is 3.53. The highest BCUT2D eigenvalue weighted by molar-refractivity contribution is 6.33. The Bertz CT molecular complexity index is 1280. The molecule has 1 aliphatic heterocycles. The highest BCUT2D eigenvalue weighted by Gasteiger charge is 2.36. The Labute approximate surface area is 219 Å². The van der Waals surface area contributed by atoms with Crippen molar-refractivity contribution in [1.82, 2.24) is 4.90 Å². The summed E-state index contributed by atoms with van der Waals surface area (Å²) in [6, 6.07) is 9.37. The van der Waals surface area contributed by atoms with E-state index in [-0.39, 0.29) is 34.6 Å². The first-order valence-electron chi connectivity index (χ1n) is 12.2. The predicted octanol–water partition coefficient (Wildman–Crippen LogP) is 3.70. The van der Waals surface area contributed by atoms with Crippen molar-refractivity contribution in [3.05, 3.63) is 57.2 Å². The van der Waals surface area contributed by atoms with Gasteiger partial charge in [-0.3, -0.25) is 4.79 Å². The van der Waals surface area contributed by atoms with E-state index in [1.165, 1.54) is 6.07 Å². The van der Waals surface area contributed by atoms with Gasteiger partial charge in [0.2, 0.25) is 0 Å². The number of likely N-dealkylation sites (N-methyl/N-ethyl adjacent to an activating group) is 1. The van der Waals surface area contributed by atoms with Crippen LogP contribution < -0.4 is 5.43 Å². The number of fused-ring (bicyclic) bond motifs is 1. The summed E-state index contributed by atoms with van der Waals surface area (Å²) in [5.41, 5.74) is 0.464. The van der Waals surface area contributed by atoms with Gasteiger partial charge < -0.3 is 38.8 Å². The Balaban J connectivity index is 1.72. The van der Waals surface area contributed by atoms with Gasteiger partial charge in [0, 0.05) is 49.3 Å². The van der Waals surface area contributed by atoms with E-state index in [0.29, 0.717) is 55.5 Å². The van der Waals surface area contributed by atoms with Crippen molar-refractivity contribution in [2.45, 2.75) is 31.2 Å². The molecule has 0 spiro atoms. The van der Waals surface area contributed by atoms with Gasteiger partial charge >= 0.3 is 0 Å². The minimum absolute atomic E-state index is 0.0339. The van der Waals surface area contributed by atoms with Crippen LogP contribution in [0.4, 0.5) is 0 Å². The number of ether oxygens (including phenoxy) is 3. The molecule has 1 fully saturated rings. The molecule has 3 aromatic rings. The van der Waals surface area contributed by atoms with Gasteiger partial charge in [0.1, 0.15) is 28.2 Å². The van der Waals surface area contributed by atoms with Crippen LogP contribution in [0, 0.1) is 0 Å². The molecule has 200 valence electrons. The first kappa shape index (κ1) is 27.4. The van der Waals surface area contributed by atoms with Crippen molar-refractivity contribution in [2.24, 2.45) is 0 Å². The lowest BCUT2D eigenvalue weighted by Crippen LogP contribution is -2.44. The van der Waals surface area contributed by atoms with Crippen LogP contribution in [0.3, 0.4) is 0 Å². The molecule has 3 N–H and O–H groups in total. The van der Waals surface area contributed by atoms with Crippen LogP contribution in [-0.2, 0) is 14.2 Å². The van der Waals surface area contributed by atoms with Gasteiger partial charge in [0.05, 0.1) is 30.9 Å². The van der Waals surface area contributed by atoms with E-state index >= 15 is 0 Å². The largest absolute Gasteiger partial charge is 0.507 e. The molecule has 37 heavy (non-hydrogen) atoms. The van der Waals surface area contributed by atoms with Crippen LogP contribution in [0.15, 0.2) is 45.6 Å². The highest BCUT2D eigenvalue weighted by atomic mass is 35.5. The Morgan fingerprint density at radius 1 is 1.16 bits per heavy atom. The average Bonchev–Trinajstić information content (AvgIpc) is 2.85. The maximum Gasteiger partial charge on any atom is 0.197 e. The average molecular weight is 534 g/mol. The number of likely N-dealkylation sites (tertiary alicyclic amines) is 1. The van der Waals surface area contributed by atoms with Crippen LogP contribution in [0.1, 0.15) is 24.3 Å². The normalized spacial score (nSPS) is 19.4. The highest BCUT2D eigenvalue weighted by Crippen LogP contribution is 2.43. The van der Waals surface area contributed by atoms with Crippen molar-refractivity contribution in [3.8, 4) is 22.8 Å². The smallest absolute Gasteiger partial charge is 0.197 e. The molecule has 1 unspecified atom stereocenters. The van der Waals surface area contributed by atoms with Gasteiger partial charge in [0.25, 0.3) is 0 Å². The van der Waals surface area contributed by atoms with Crippen LogP contribution in [0.5, 0.6) is 11.5 Å². The topological polar surface area (TPSA) is 122 Å². The number of hydrogen-bond acceptors (Lipinski definition) is 9. The van der Waals surface area contributed by atoms with Gasteiger partial charge in [0.15, 0.2) is 11.7 Å². The van der Waals surface area contributed by atoms with E-state index in [9.17, 15) is 20.1 Å². The number of halogens is 1. The molecular formula is C27H32ClNO8. The zero-order chi connectivity index (χ0) is 26.5. The monoisotopic (exact) mass is 533 g/mol. The Morgan fingerprint density at radius 2 is 1.95 bits per heavy atom. The molecule has 1 aromatic heterocycles. The number of nitrogens with zero attached hydrogens (tertiary/aromatic N) is 1. The number of piperidine rings is 1. The zero-order valence-corrected chi connectivity index (χ0v) is 21.6. The second-order valence-electron chi connectivity index (χ2n) is 9.17. The van der Waals surface area contributed by atoms with Gasteiger partial charge in [-0.05, 0) is 32.1 Å². The minimum Gasteiger partial charge on any atom is -0.507 e. The molecule has 0 amide bonds. The lowest BCUT2D eigenvalue weighted by Gasteiger charge is -2.38. The summed E-state index contributed by atoms with van der Waals surface area (Å²) in [6.07, 6.45) is -0.811. The Kier molecular flexibility index (Phi) is 9.07. The Morgan fingerprint density at radius 3 is 2.70 bits per heavy atom. The Hall–Kier alpha value is -2.66. The number of aliphatic hydroxyl groups is 1. The number of hydrogen-bond donors (Lipinski definition) is 3. The van der Waals surface area contributed by atoms with Crippen molar-refractivity contribution >= 4 is 22.6 Å². The van der Waals surface area contributed by atoms with E-state index in [4.69, 9.17) is 30.2 Å². The molecule has 4 rings (SSSR count). The van der Waals surface area contributed by atoms with E-state index < -0.39 is 23.7 Å². The van der Waals surface area contributed by atoms with E-state index in [0.717, 1.165) is 6.07 Å².